The lowest BCUT2D eigenvalue weighted by molar-refractivity contribution is -0.150. The van der Waals surface area contributed by atoms with E-state index in [0.717, 1.165) is 19.4 Å². The fourth-order valence-electron chi connectivity index (χ4n) is 2.06. The molecule has 2 N–H and O–H groups in total. The summed E-state index contributed by atoms with van der Waals surface area (Å²) in [4.78, 5) is 24.6. The second kappa shape index (κ2) is 5.49. The molecule has 1 atom stereocenters. The van der Waals surface area contributed by atoms with E-state index in [-0.39, 0.29) is 18.4 Å². The Morgan fingerprint density at radius 3 is 2.47 bits per heavy atom. The van der Waals surface area contributed by atoms with Crippen molar-refractivity contribution in [2.45, 2.75) is 39.2 Å². The van der Waals surface area contributed by atoms with Crippen LogP contribution in [0.3, 0.4) is 0 Å². The molecule has 17 heavy (non-hydrogen) atoms. The van der Waals surface area contributed by atoms with Gasteiger partial charge in [0, 0.05) is 12.1 Å². The van der Waals surface area contributed by atoms with Gasteiger partial charge >= 0.3 is 5.97 Å². The molecule has 5 nitrogen and oxygen atoms in total. The lowest BCUT2D eigenvalue weighted by Gasteiger charge is -2.37. The number of amides is 1. The first-order valence-electron chi connectivity index (χ1n) is 6.06. The number of hydrogen-bond acceptors (Lipinski definition) is 3. The molecule has 0 bridgehead atoms. The van der Waals surface area contributed by atoms with E-state index in [4.69, 9.17) is 5.11 Å². The van der Waals surface area contributed by atoms with E-state index in [1.54, 1.807) is 0 Å². The van der Waals surface area contributed by atoms with Crippen molar-refractivity contribution in [3.8, 4) is 0 Å². The summed E-state index contributed by atoms with van der Waals surface area (Å²) < 4.78 is 0. The van der Waals surface area contributed by atoms with Crippen LogP contribution < -0.4 is 5.32 Å². The molecule has 0 radical (unpaired) electrons. The van der Waals surface area contributed by atoms with Gasteiger partial charge in [-0.05, 0) is 40.2 Å². The third-order valence-corrected chi connectivity index (χ3v) is 3.02. The fraction of sp³-hybridized carbons (Fsp3) is 0.833. The zero-order chi connectivity index (χ0) is 13.1. The van der Waals surface area contributed by atoms with Crippen LogP contribution in [-0.2, 0) is 9.59 Å². The van der Waals surface area contributed by atoms with Gasteiger partial charge in [-0.1, -0.05) is 0 Å². The van der Waals surface area contributed by atoms with E-state index in [1.165, 1.54) is 4.90 Å². The van der Waals surface area contributed by atoms with E-state index < -0.39 is 11.5 Å². The first kappa shape index (κ1) is 14.0. The summed E-state index contributed by atoms with van der Waals surface area (Å²) in [6.45, 7) is 6.97. The summed E-state index contributed by atoms with van der Waals surface area (Å²) in [5.41, 5.74) is -0.451. The van der Waals surface area contributed by atoms with Crippen LogP contribution in [0.1, 0.15) is 33.6 Å². The molecule has 1 rings (SSSR count). The Hall–Kier alpha value is -1.10. The second-order valence-electron chi connectivity index (χ2n) is 5.53. The van der Waals surface area contributed by atoms with Crippen LogP contribution in [0.4, 0.5) is 0 Å². The largest absolute Gasteiger partial charge is 0.480 e. The number of carboxylic acids is 1. The third-order valence-electron chi connectivity index (χ3n) is 3.02. The van der Waals surface area contributed by atoms with Crippen LogP contribution in [-0.4, -0.2) is 47.1 Å². The van der Waals surface area contributed by atoms with E-state index in [2.05, 4.69) is 5.32 Å². The number of carbonyl (C=O) groups excluding carboxylic acids is 1. The summed E-state index contributed by atoms with van der Waals surface area (Å²) >= 11 is 0. The maximum Gasteiger partial charge on any atom is 0.323 e. The van der Waals surface area contributed by atoms with E-state index in [1.807, 2.05) is 20.8 Å². The maximum atomic E-state index is 12.3. The highest BCUT2D eigenvalue weighted by atomic mass is 16.4. The first-order valence-corrected chi connectivity index (χ1v) is 6.06. The summed E-state index contributed by atoms with van der Waals surface area (Å²) in [6.07, 6.45) is 1.82. The van der Waals surface area contributed by atoms with Gasteiger partial charge in [0.1, 0.15) is 6.54 Å². The molecular formula is C12H22N2O3. The van der Waals surface area contributed by atoms with Crippen molar-refractivity contribution in [2.24, 2.45) is 5.92 Å². The number of piperidine rings is 1. The molecule has 0 spiro atoms. The van der Waals surface area contributed by atoms with Crippen molar-refractivity contribution in [1.29, 1.82) is 0 Å². The molecule has 0 aromatic rings. The van der Waals surface area contributed by atoms with Gasteiger partial charge in [-0.25, -0.2) is 0 Å². The van der Waals surface area contributed by atoms with Crippen LogP contribution in [0.15, 0.2) is 0 Å². The lowest BCUT2D eigenvalue weighted by Crippen LogP contribution is -2.52. The molecule has 1 saturated heterocycles. The smallest absolute Gasteiger partial charge is 0.323 e. The predicted molar refractivity (Wildman–Crippen MR) is 64.7 cm³/mol. The molecule has 1 aliphatic heterocycles. The molecule has 1 heterocycles. The van der Waals surface area contributed by atoms with Crippen LogP contribution >= 0.6 is 0 Å². The van der Waals surface area contributed by atoms with Crippen molar-refractivity contribution in [3.05, 3.63) is 0 Å². The van der Waals surface area contributed by atoms with Gasteiger partial charge in [0.25, 0.3) is 0 Å². The highest BCUT2D eigenvalue weighted by Crippen LogP contribution is 2.20. The standard InChI is InChI=1S/C12H22N2O3/c1-12(2,3)14(8-10(15)16)11(17)9-5-4-6-13-7-9/h9,13H,4-8H2,1-3H3,(H,15,16). The van der Waals surface area contributed by atoms with Gasteiger partial charge in [-0.2, -0.15) is 0 Å². The van der Waals surface area contributed by atoms with Gasteiger partial charge in [-0.15, -0.1) is 0 Å². The van der Waals surface area contributed by atoms with Crippen molar-refractivity contribution in [2.75, 3.05) is 19.6 Å². The Morgan fingerprint density at radius 2 is 2.06 bits per heavy atom. The third kappa shape index (κ3) is 4.00. The van der Waals surface area contributed by atoms with Crippen molar-refractivity contribution >= 4 is 11.9 Å². The van der Waals surface area contributed by atoms with Gasteiger partial charge < -0.3 is 15.3 Å². The Balaban J connectivity index is 2.74. The number of hydrogen-bond donors (Lipinski definition) is 2. The van der Waals surface area contributed by atoms with Crippen LogP contribution in [0.25, 0.3) is 0 Å². The van der Waals surface area contributed by atoms with Gasteiger partial charge in [0.2, 0.25) is 5.91 Å². The molecule has 1 amide bonds. The van der Waals surface area contributed by atoms with Crippen molar-refractivity contribution in [3.63, 3.8) is 0 Å². The Kier molecular flexibility index (Phi) is 4.51. The fourth-order valence-corrected chi connectivity index (χ4v) is 2.06. The molecule has 1 fully saturated rings. The number of nitrogens with zero attached hydrogens (tertiary/aromatic N) is 1. The highest BCUT2D eigenvalue weighted by Gasteiger charge is 2.33. The van der Waals surface area contributed by atoms with E-state index >= 15 is 0 Å². The second-order valence-corrected chi connectivity index (χ2v) is 5.53. The summed E-state index contributed by atoms with van der Waals surface area (Å²) in [6, 6.07) is 0. The summed E-state index contributed by atoms with van der Waals surface area (Å²) in [7, 11) is 0. The van der Waals surface area contributed by atoms with Crippen LogP contribution in [0.2, 0.25) is 0 Å². The number of aliphatic carboxylic acids is 1. The van der Waals surface area contributed by atoms with Crippen molar-refractivity contribution in [1.82, 2.24) is 10.2 Å². The zero-order valence-corrected chi connectivity index (χ0v) is 10.8. The molecule has 0 saturated carbocycles. The predicted octanol–water partition coefficient (Wildman–Crippen LogP) is 0.698. The molecule has 98 valence electrons. The minimum atomic E-state index is -0.961. The highest BCUT2D eigenvalue weighted by molar-refractivity contribution is 5.84. The molecule has 1 aliphatic rings. The molecule has 0 aliphatic carbocycles. The van der Waals surface area contributed by atoms with Crippen LogP contribution in [0, 0.1) is 5.92 Å². The van der Waals surface area contributed by atoms with Crippen molar-refractivity contribution < 1.29 is 14.7 Å². The molecule has 5 heteroatoms. The number of nitrogens with one attached hydrogen (secondary N) is 1. The van der Waals surface area contributed by atoms with E-state index in [0.29, 0.717) is 6.54 Å². The molecule has 1 unspecified atom stereocenters. The molecular weight excluding hydrogens is 220 g/mol. The summed E-state index contributed by atoms with van der Waals surface area (Å²) in [5.74, 6) is -1.09. The quantitative estimate of drug-likeness (QED) is 0.764. The Labute approximate surface area is 102 Å². The average molecular weight is 242 g/mol. The monoisotopic (exact) mass is 242 g/mol. The number of carboxylic acid groups (broad SMARTS) is 1. The van der Waals surface area contributed by atoms with Gasteiger partial charge in [0.15, 0.2) is 0 Å². The van der Waals surface area contributed by atoms with Gasteiger partial charge in [0.05, 0.1) is 5.92 Å². The Morgan fingerprint density at radius 1 is 1.41 bits per heavy atom. The normalized spacial score (nSPS) is 21.0. The zero-order valence-electron chi connectivity index (χ0n) is 10.8. The van der Waals surface area contributed by atoms with E-state index in [9.17, 15) is 9.59 Å². The minimum absolute atomic E-state index is 0.0490. The first-order chi connectivity index (χ1) is 7.82. The SMILES string of the molecule is CC(C)(C)N(CC(=O)O)C(=O)C1CCCNC1. The van der Waals surface area contributed by atoms with Gasteiger partial charge in [-0.3, -0.25) is 9.59 Å². The topological polar surface area (TPSA) is 69.6 Å². The maximum absolute atomic E-state index is 12.3. The molecule has 0 aromatic carbocycles. The molecule has 0 aromatic heterocycles. The Bertz CT molecular complexity index is 291. The minimum Gasteiger partial charge on any atom is -0.480 e. The number of rotatable bonds is 3. The lowest BCUT2D eigenvalue weighted by atomic mass is 9.95. The summed E-state index contributed by atoms with van der Waals surface area (Å²) in [5, 5.41) is 12.1. The van der Waals surface area contributed by atoms with Crippen LogP contribution in [0.5, 0.6) is 0 Å². The number of carbonyl (C=O) groups is 2. The average Bonchev–Trinajstić information content (AvgIpc) is 2.24.